The molecule has 0 spiro atoms. The molecule has 0 amide bonds. The number of hydrogen-bond donors (Lipinski definition) is 0. The Morgan fingerprint density at radius 2 is 1.50 bits per heavy atom. The Hall–Kier alpha value is -2.77. The van der Waals surface area contributed by atoms with E-state index in [1.165, 1.54) is 10.4 Å². The van der Waals surface area contributed by atoms with E-state index in [0.29, 0.717) is 32.5 Å². The van der Waals surface area contributed by atoms with Crippen molar-refractivity contribution < 1.29 is 23.4 Å². The van der Waals surface area contributed by atoms with Crippen molar-refractivity contribution in [2.75, 3.05) is 20.3 Å². The molecule has 4 rings (SSSR count). The lowest BCUT2D eigenvalue weighted by Crippen LogP contribution is -2.67. The van der Waals surface area contributed by atoms with E-state index in [2.05, 4.69) is 81.4 Å². The maximum absolute atomic E-state index is 13.2. The first kappa shape index (κ1) is 30.2. The molecule has 40 heavy (non-hydrogen) atoms. The van der Waals surface area contributed by atoms with Crippen molar-refractivity contribution in [3.63, 3.8) is 0 Å². The van der Waals surface area contributed by atoms with Crippen LogP contribution < -0.4 is 15.1 Å². The van der Waals surface area contributed by atoms with Gasteiger partial charge in [-0.3, -0.25) is 4.79 Å². The van der Waals surface area contributed by atoms with Crippen LogP contribution in [0, 0.1) is 5.92 Å². The molecule has 0 radical (unpaired) electrons. The highest BCUT2D eigenvalue weighted by molar-refractivity contribution is 6.99. The zero-order valence-electron chi connectivity index (χ0n) is 24.8. The fourth-order valence-electron chi connectivity index (χ4n) is 5.67. The van der Waals surface area contributed by atoms with Gasteiger partial charge in [-0.25, -0.2) is 0 Å². The van der Waals surface area contributed by atoms with E-state index in [-0.39, 0.29) is 22.8 Å². The van der Waals surface area contributed by atoms with E-state index in [1.54, 1.807) is 7.11 Å². The molecule has 1 fully saturated rings. The summed E-state index contributed by atoms with van der Waals surface area (Å²) in [5.41, 5.74) is 1.12. The molecule has 5 nitrogen and oxygen atoms in total. The van der Waals surface area contributed by atoms with Crippen molar-refractivity contribution >= 4 is 24.5 Å². The monoisotopic (exact) mass is 560 g/mol. The van der Waals surface area contributed by atoms with Gasteiger partial charge in [0, 0.05) is 25.4 Å². The average Bonchev–Trinajstić information content (AvgIpc) is 2.93. The van der Waals surface area contributed by atoms with Crippen molar-refractivity contribution in [2.24, 2.45) is 5.92 Å². The number of methoxy groups -OCH3 is 1. The fraction of sp³-hybridized carbons (Fsp3) is 0.441. The largest absolute Gasteiger partial charge is 0.497 e. The molecule has 3 aromatic rings. The van der Waals surface area contributed by atoms with Crippen LogP contribution in [0.2, 0.25) is 5.04 Å². The van der Waals surface area contributed by atoms with Gasteiger partial charge in [-0.1, -0.05) is 93.6 Å². The minimum Gasteiger partial charge on any atom is -0.497 e. The molecular formula is C34H44O5Si. The second kappa shape index (κ2) is 12.8. The Kier molecular flexibility index (Phi) is 9.67. The van der Waals surface area contributed by atoms with E-state index in [9.17, 15) is 4.79 Å². The first-order chi connectivity index (χ1) is 19.0. The number of rotatable bonds is 11. The molecule has 1 heterocycles. The van der Waals surface area contributed by atoms with Crippen LogP contribution in [-0.4, -0.2) is 46.3 Å². The van der Waals surface area contributed by atoms with Crippen LogP contribution in [-0.2, 0) is 25.1 Å². The second-order valence-corrected chi connectivity index (χ2v) is 16.5. The van der Waals surface area contributed by atoms with E-state index in [4.69, 9.17) is 18.6 Å². The maximum Gasteiger partial charge on any atom is 0.261 e. The third-order valence-electron chi connectivity index (χ3n) is 7.82. The molecule has 0 aliphatic carbocycles. The highest BCUT2D eigenvalue weighted by atomic mass is 28.4. The molecule has 2 atom stereocenters. The van der Waals surface area contributed by atoms with Crippen molar-refractivity contribution in [2.45, 2.75) is 70.8 Å². The van der Waals surface area contributed by atoms with Gasteiger partial charge in [-0.05, 0) is 53.4 Å². The molecule has 214 valence electrons. The van der Waals surface area contributed by atoms with Gasteiger partial charge in [0.1, 0.15) is 11.5 Å². The Bertz CT molecular complexity index is 1180. The molecule has 0 aromatic heterocycles. The van der Waals surface area contributed by atoms with Crippen LogP contribution in [0.25, 0.3) is 0 Å². The van der Waals surface area contributed by atoms with Gasteiger partial charge < -0.3 is 18.6 Å². The van der Waals surface area contributed by atoms with Crippen LogP contribution >= 0.6 is 0 Å². The molecule has 0 saturated carbocycles. The zero-order chi connectivity index (χ0) is 28.8. The molecule has 1 aliphatic rings. The molecular weight excluding hydrogens is 516 g/mol. The van der Waals surface area contributed by atoms with Crippen molar-refractivity contribution in [1.29, 1.82) is 0 Å². The summed E-state index contributed by atoms with van der Waals surface area (Å²) >= 11 is 0. The summed E-state index contributed by atoms with van der Waals surface area (Å²) in [7, 11) is -1.06. The Morgan fingerprint density at radius 1 is 0.925 bits per heavy atom. The van der Waals surface area contributed by atoms with Crippen molar-refractivity contribution in [1.82, 2.24) is 0 Å². The van der Waals surface area contributed by atoms with Crippen LogP contribution in [0.5, 0.6) is 5.75 Å². The number of ketones is 1. The highest BCUT2D eigenvalue weighted by Gasteiger charge is 2.51. The molecule has 1 saturated heterocycles. The Labute approximate surface area is 240 Å². The van der Waals surface area contributed by atoms with Gasteiger partial charge in [-0.2, -0.15) is 0 Å². The minimum absolute atomic E-state index is 0.0559. The van der Waals surface area contributed by atoms with Crippen molar-refractivity contribution in [3.8, 4) is 5.75 Å². The van der Waals surface area contributed by atoms with E-state index < -0.39 is 14.1 Å². The van der Waals surface area contributed by atoms with Crippen molar-refractivity contribution in [3.05, 3.63) is 90.5 Å². The average molecular weight is 561 g/mol. The number of aryl methyl sites for hydroxylation is 1. The number of benzene rings is 3. The molecule has 1 aliphatic heterocycles. The van der Waals surface area contributed by atoms with Gasteiger partial charge in [-0.15, -0.1) is 0 Å². The number of carbonyl (C=O) groups is 1. The normalized spacial score (nSPS) is 19.2. The smallest absolute Gasteiger partial charge is 0.261 e. The highest BCUT2D eigenvalue weighted by Crippen LogP contribution is 2.38. The van der Waals surface area contributed by atoms with Gasteiger partial charge in [0.15, 0.2) is 5.79 Å². The molecule has 0 N–H and O–H groups in total. The first-order valence-electron chi connectivity index (χ1n) is 14.3. The number of ether oxygens (including phenoxy) is 3. The summed E-state index contributed by atoms with van der Waals surface area (Å²) in [4.78, 5) is 13.2. The number of carbonyl (C=O) groups excluding carboxylic acids is 1. The standard InChI is InChI=1S/C34H44O5Si/c1-33(2,3)40(30-13-9-7-10-14-30,31-15-11-8-12-16-31)38-25-27-24-37-34(4,5)39-32(27)23-28(35)20-17-26-18-21-29(36-6)22-19-26/h7-16,18-19,21-22,27,32H,17,20,23-25H2,1-6H3/t27-,32-/m0/s1. The third-order valence-corrected chi connectivity index (χ3v) is 12.8. The summed E-state index contributed by atoms with van der Waals surface area (Å²) in [6, 6.07) is 29.1. The summed E-state index contributed by atoms with van der Waals surface area (Å²) in [5, 5.41) is 2.34. The quantitative estimate of drug-likeness (QED) is 0.272. The van der Waals surface area contributed by atoms with Gasteiger partial charge >= 0.3 is 0 Å². The lowest BCUT2D eigenvalue weighted by atomic mass is 9.95. The molecule has 3 aromatic carbocycles. The Morgan fingerprint density at radius 3 is 2.02 bits per heavy atom. The molecule has 6 heteroatoms. The van der Waals surface area contributed by atoms with Gasteiger partial charge in [0.25, 0.3) is 8.32 Å². The summed E-state index contributed by atoms with van der Waals surface area (Å²) in [5.74, 6) is 0.208. The third kappa shape index (κ3) is 7.10. The number of hydrogen-bond acceptors (Lipinski definition) is 5. The van der Waals surface area contributed by atoms with Crippen LogP contribution in [0.1, 0.15) is 53.0 Å². The Balaban J connectivity index is 1.53. The minimum atomic E-state index is -2.71. The predicted molar refractivity (Wildman–Crippen MR) is 163 cm³/mol. The lowest BCUT2D eigenvalue weighted by Gasteiger charge is -2.46. The topological polar surface area (TPSA) is 54.0 Å². The first-order valence-corrected chi connectivity index (χ1v) is 16.2. The number of Topliss-reactive ketones (excluding diaryl/α,β-unsaturated/α-hetero) is 1. The molecule has 0 unspecified atom stereocenters. The van der Waals surface area contributed by atoms with Crippen LogP contribution in [0.4, 0.5) is 0 Å². The maximum atomic E-state index is 13.2. The zero-order valence-corrected chi connectivity index (χ0v) is 25.8. The van der Waals surface area contributed by atoms with Crippen LogP contribution in [0.15, 0.2) is 84.9 Å². The van der Waals surface area contributed by atoms with E-state index in [0.717, 1.165) is 11.3 Å². The second-order valence-electron chi connectivity index (χ2n) is 12.2. The SMILES string of the molecule is COc1ccc(CCC(=O)C[C@@H]2OC(C)(C)OC[C@H]2CO[Si](c2ccccc2)(c2ccccc2)C(C)(C)C)cc1. The fourth-order valence-corrected chi connectivity index (χ4v) is 10.3. The van der Waals surface area contributed by atoms with Gasteiger partial charge in [0.2, 0.25) is 0 Å². The van der Waals surface area contributed by atoms with E-state index in [1.807, 2.05) is 38.1 Å². The van der Waals surface area contributed by atoms with E-state index >= 15 is 0 Å². The predicted octanol–water partition coefficient (Wildman–Crippen LogP) is 5.93. The summed E-state index contributed by atoms with van der Waals surface area (Å²) in [6.07, 6.45) is 1.23. The summed E-state index contributed by atoms with van der Waals surface area (Å²) < 4.78 is 24.9. The molecule has 0 bridgehead atoms. The summed E-state index contributed by atoms with van der Waals surface area (Å²) in [6.45, 7) is 11.6. The lowest BCUT2D eigenvalue weighted by molar-refractivity contribution is -0.294. The van der Waals surface area contributed by atoms with Gasteiger partial charge in [0.05, 0.1) is 19.8 Å². The van der Waals surface area contributed by atoms with Crippen LogP contribution in [0.3, 0.4) is 0 Å².